The molecule has 3 rings (SSSR count). The lowest BCUT2D eigenvalue weighted by atomic mass is 10.2. The molecule has 0 saturated carbocycles. The van der Waals surface area contributed by atoms with Gasteiger partial charge in [-0.15, -0.1) is 0 Å². The SMILES string of the molecule is CC(=O)Nc1ccc(C(=O)Nc2cc(-n3ccnc3)ncn2)cc1. The van der Waals surface area contributed by atoms with E-state index >= 15 is 0 Å². The number of hydrogen-bond donors (Lipinski definition) is 2. The molecule has 2 N–H and O–H groups in total. The molecule has 0 atom stereocenters. The van der Waals surface area contributed by atoms with Crippen molar-refractivity contribution in [2.24, 2.45) is 0 Å². The number of imidazole rings is 1. The number of anilines is 2. The van der Waals surface area contributed by atoms with Gasteiger partial charge in [0.25, 0.3) is 5.91 Å². The number of carbonyl (C=O) groups excluding carboxylic acids is 2. The standard InChI is InChI=1S/C16H14N6O2/c1-11(23)20-13-4-2-12(3-5-13)16(24)21-14-8-15(19-9-18-14)22-7-6-17-10-22/h2-10H,1H3,(H,20,23)(H,18,19,21,24). The molecule has 0 unspecified atom stereocenters. The Morgan fingerprint density at radius 1 is 1.08 bits per heavy atom. The first-order valence-corrected chi connectivity index (χ1v) is 7.11. The van der Waals surface area contributed by atoms with Gasteiger partial charge in [0.1, 0.15) is 24.3 Å². The van der Waals surface area contributed by atoms with Crippen LogP contribution < -0.4 is 10.6 Å². The van der Waals surface area contributed by atoms with E-state index in [2.05, 4.69) is 25.6 Å². The largest absolute Gasteiger partial charge is 0.326 e. The first-order valence-electron chi connectivity index (χ1n) is 7.11. The molecule has 0 fully saturated rings. The summed E-state index contributed by atoms with van der Waals surface area (Å²) in [5.74, 6) is 0.503. The highest BCUT2D eigenvalue weighted by Crippen LogP contribution is 2.13. The maximum absolute atomic E-state index is 12.3. The molecule has 0 aliphatic carbocycles. The van der Waals surface area contributed by atoms with Crippen molar-refractivity contribution in [1.82, 2.24) is 19.5 Å². The van der Waals surface area contributed by atoms with Crippen LogP contribution in [0.25, 0.3) is 5.82 Å². The lowest BCUT2D eigenvalue weighted by Gasteiger charge is -2.07. The molecular formula is C16H14N6O2. The molecular weight excluding hydrogens is 308 g/mol. The smallest absolute Gasteiger partial charge is 0.256 e. The highest BCUT2D eigenvalue weighted by molar-refractivity contribution is 6.04. The second-order valence-electron chi connectivity index (χ2n) is 4.94. The molecule has 24 heavy (non-hydrogen) atoms. The molecule has 2 aromatic heterocycles. The number of nitrogens with one attached hydrogen (secondary N) is 2. The second-order valence-corrected chi connectivity index (χ2v) is 4.94. The molecule has 0 aliphatic heterocycles. The normalized spacial score (nSPS) is 10.2. The highest BCUT2D eigenvalue weighted by atomic mass is 16.2. The summed E-state index contributed by atoms with van der Waals surface area (Å²) in [4.78, 5) is 35.4. The van der Waals surface area contributed by atoms with Crippen molar-refractivity contribution in [3.63, 3.8) is 0 Å². The summed E-state index contributed by atoms with van der Waals surface area (Å²) in [6.45, 7) is 1.42. The Hall–Kier alpha value is -3.55. The fourth-order valence-electron chi connectivity index (χ4n) is 2.05. The second kappa shape index (κ2) is 6.69. The lowest BCUT2D eigenvalue weighted by molar-refractivity contribution is -0.114. The summed E-state index contributed by atoms with van der Waals surface area (Å²) in [7, 11) is 0. The van der Waals surface area contributed by atoms with Gasteiger partial charge in [0, 0.05) is 36.6 Å². The molecule has 2 heterocycles. The monoisotopic (exact) mass is 322 g/mol. The van der Waals surface area contributed by atoms with Crippen LogP contribution in [0.1, 0.15) is 17.3 Å². The Morgan fingerprint density at radius 2 is 1.88 bits per heavy atom. The van der Waals surface area contributed by atoms with E-state index in [4.69, 9.17) is 0 Å². The topological polar surface area (TPSA) is 102 Å². The van der Waals surface area contributed by atoms with Crippen molar-refractivity contribution in [2.75, 3.05) is 10.6 Å². The van der Waals surface area contributed by atoms with Crippen molar-refractivity contribution in [3.8, 4) is 5.82 Å². The van der Waals surface area contributed by atoms with E-state index in [-0.39, 0.29) is 11.8 Å². The van der Waals surface area contributed by atoms with E-state index in [0.29, 0.717) is 22.9 Å². The van der Waals surface area contributed by atoms with Gasteiger partial charge in [-0.3, -0.25) is 14.2 Å². The molecule has 0 spiro atoms. The van der Waals surface area contributed by atoms with Crippen LogP contribution in [0.4, 0.5) is 11.5 Å². The first kappa shape index (κ1) is 15.3. The van der Waals surface area contributed by atoms with Crippen LogP contribution in [0.3, 0.4) is 0 Å². The zero-order valence-corrected chi connectivity index (χ0v) is 12.8. The Bertz CT molecular complexity index is 859. The third kappa shape index (κ3) is 3.61. The number of aromatic nitrogens is 4. The van der Waals surface area contributed by atoms with Crippen LogP contribution in [0.5, 0.6) is 0 Å². The maximum atomic E-state index is 12.3. The van der Waals surface area contributed by atoms with Crippen LogP contribution in [0, 0.1) is 0 Å². The summed E-state index contributed by atoms with van der Waals surface area (Å²) >= 11 is 0. The molecule has 8 heteroatoms. The molecule has 3 aromatic rings. The molecule has 0 saturated heterocycles. The molecule has 2 amide bonds. The maximum Gasteiger partial charge on any atom is 0.256 e. The lowest BCUT2D eigenvalue weighted by Crippen LogP contribution is -2.14. The van der Waals surface area contributed by atoms with Crippen LogP contribution >= 0.6 is 0 Å². The zero-order valence-electron chi connectivity index (χ0n) is 12.8. The minimum atomic E-state index is -0.306. The molecule has 0 aliphatic rings. The Kier molecular flexibility index (Phi) is 4.28. The Balaban J connectivity index is 1.73. The van der Waals surface area contributed by atoms with E-state index in [1.807, 2.05) is 0 Å². The minimum Gasteiger partial charge on any atom is -0.326 e. The third-order valence-electron chi connectivity index (χ3n) is 3.13. The van der Waals surface area contributed by atoms with Gasteiger partial charge in [0.05, 0.1) is 0 Å². The van der Waals surface area contributed by atoms with Gasteiger partial charge in [0.15, 0.2) is 0 Å². The average Bonchev–Trinajstić information content (AvgIpc) is 3.10. The number of rotatable bonds is 4. The molecule has 0 bridgehead atoms. The van der Waals surface area contributed by atoms with Gasteiger partial charge in [-0.25, -0.2) is 15.0 Å². The van der Waals surface area contributed by atoms with Gasteiger partial charge < -0.3 is 10.6 Å². The minimum absolute atomic E-state index is 0.166. The quantitative estimate of drug-likeness (QED) is 0.763. The Labute approximate surface area is 137 Å². The molecule has 120 valence electrons. The van der Waals surface area contributed by atoms with E-state index in [1.165, 1.54) is 13.3 Å². The number of carbonyl (C=O) groups is 2. The fourth-order valence-corrected chi connectivity index (χ4v) is 2.05. The van der Waals surface area contributed by atoms with E-state index in [0.717, 1.165) is 0 Å². The predicted molar refractivity (Wildman–Crippen MR) is 87.9 cm³/mol. The summed E-state index contributed by atoms with van der Waals surface area (Å²) < 4.78 is 1.71. The molecule has 8 nitrogen and oxygen atoms in total. The summed E-state index contributed by atoms with van der Waals surface area (Å²) in [5, 5.41) is 5.35. The molecule has 0 radical (unpaired) electrons. The van der Waals surface area contributed by atoms with Gasteiger partial charge in [-0.05, 0) is 24.3 Å². The Morgan fingerprint density at radius 3 is 2.54 bits per heavy atom. The van der Waals surface area contributed by atoms with Gasteiger partial charge in [0.2, 0.25) is 5.91 Å². The van der Waals surface area contributed by atoms with Gasteiger partial charge >= 0.3 is 0 Å². The van der Waals surface area contributed by atoms with E-state index in [9.17, 15) is 9.59 Å². The van der Waals surface area contributed by atoms with Crippen LogP contribution in [-0.2, 0) is 4.79 Å². The number of benzene rings is 1. The fraction of sp³-hybridized carbons (Fsp3) is 0.0625. The van der Waals surface area contributed by atoms with Crippen molar-refractivity contribution in [2.45, 2.75) is 6.92 Å². The van der Waals surface area contributed by atoms with Crippen molar-refractivity contribution in [1.29, 1.82) is 0 Å². The van der Waals surface area contributed by atoms with Crippen molar-refractivity contribution in [3.05, 3.63) is 60.9 Å². The van der Waals surface area contributed by atoms with Crippen LogP contribution in [0.15, 0.2) is 55.4 Å². The van der Waals surface area contributed by atoms with E-state index in [1.54, 1.807) is 53.6 Å². The summed E-state index contributed by atoms with van der Waals surface area (Å²) in [5.41, 5.74) is 1.08. The molecule has 1 aromatic carbocycles. The number of nitrogens with zero attached hydrogens (tertiary/aromatic N) is 4. The average molecular weight is 322 g/mol. The van der Waals surface area contributed by atoms with Crippen LogP contribution in [-0.4, -0.2) is 31.3 Å². The van der Waals surface area contributed by atoms with Gasteiger partial charge in [-0.2, -0.15) is 0 Å². The first-order chi connectivity index (χ1) is 11.6. The van der Waals surface area contributed by atoms with Gasteiger partial charge in [-0.1, -0.05) is 0 Å². The van der Waals surface area contributed by atoms with Crippen LogP contribution in [0.2, 0.25) is 0 Å². The number of amides is 2. The van der Waals surface area contributed by atoms with Crippen molar-refractivity contribution < 1.29 is 9.59 Å². The highest BCUT2D eigenvalue weighted by Gasteiger charge is 2.08. The summed E-state index contributed by atoms with van der Waals surface area (Å²) in [6, 6.07) is 8.21. The summed E-state index contributed by atoms with van der Waals surface area (Å²) in [6.07, 6.45) is 6.35. The zero-order chi connectivity index (χ0) is 16.9. The third-order valence-corrected chi connectivity index (χ3v) is 3.13. The predicted octanol–water partition coefficient (Wildman–Crippen LogP) is 1.87. The van der Waals surface area contributed by atoms with E-state index < -0.39 is 0 Å². The van der Waals surface area contributed by atoms with Crippen molar-refractivity contribution >= 4 is 23.3 Å². The number of hydrogen-bond acceptors (Lipinski definition) is 5.